The number of hydrogen-bond acceptors (Lipinski definition) is 4. The Kier molecular flexibility index (Phi) is 3.80. The topological polar surface area (TPSA) is 47.8 Å². The second kappa shape index (κ2) is 4.68. The number of halogens is 2. The van der Waals surface area contributed by atoms with E-state index in [9.17, 15) is 13.4 Å². The highest BCUT2D eigenvalue weighted by Crippen LogP contribution is 2.38. The number of hydrogen-bond donors (Lipinski definition) is 0. The molecule has 0 bridgehead atoms. The molecule has 0 saturated carbocycles. The molecule has 0 aromatic rings. The van der Waals surface area contributed by atoms with Crippen LogP contribution in [-0.2, 0) is 18.9 Å². The summed E-state index contributed by atoms with van der Waals surface area (Å²) >= 11 is 0. The van der Waals surface area contributed by atoms with Crippen molar-refractivity contribution in [2.75, 3.05) is 14.2 Å². The average molecular weight is 263 g/mol. The highest BCUT2D eigenvalue weighted by molar-refractivity contribution is 6.57. The molecule has 0 radical (unpaired) electrons. The van der Waals surface area contributed by atoms with Gasteiger partial charge in [0, 0.05) is 10.7 Å². The van der Waals surface area contributed by atoms with Crippen molar-refractivity contribution in [3.63, 3.8) is 0 Å². The van der Waals surface area contributed by atoms with Crippen molar-refractivity contribution < 1.29 is 32.3 Å². The number of hydroxylamine groups is 1. The van der Waals surface area contributed by atoms with Crippen LogP contribution in [0.15, 0.2) is 12.7 Å². The fraction of sp³-hybridized carbons (Fsp3) is 0.600. The first-order chi connectivity index (χ1) is 8.21. The number of carbonyl (C=O) groups excluding carboxylic acids is 1. The molecule has 1 aliphatic heterocycles. The first-order valence-electron chi connectivity index (χ1n) is 5.39. The summed E-state index contributed by atoms with van der Waals surface area (Å²) in [5.74, 6) is -1.67. The van der Waals surface area contributed by atoms with Crippen molar-refractivity contribution in [3.05, 3.63) is 12.7 Å². The van der Waals surface area contributed by atoms with Crippen LogP contribution in [0.5, 0.6) is 0 Å². The van der Waals surface area contributed by atoms with Crippen LogP contribution in [0.25, 0.3) is 0 Å². The summed E-state index contributed by atoms with van der Waals surface area (Å²) in [6, 6.07) is 0. The predicted molar refractivity (Wildman–Crippen MR) is 61.1 cm³/mol. The molecule has 1 saturated heterocycles. The third kappa shape index (κ3) is 2.12. The maximum atomic E-state index is 13.4. The molecule has 0 N–H and O–H groups in total. The van der Waals surface area contributed by atoms with Gasteiger partial charge in [0.25, 0.3) is 0 Å². The Labute approximate surface area is 104 Å². The summed E-state index contributed by atoms with van der Waals surface area (Å²) in [7, 11) is -1.94. The lowest BCUT2D eigenvalue weighted by molar-refractivity contribution is -0.766. The van der Waals surface area contributed by atoms with Crippen LogP contribution >= 0.6 is 0 Å². The highest BCUT2D eigenvalue weighted by atomic mass is 19.3. The van der Waals surface area contributed by atoms with E-state index < -0.39 is 24.4 Å². The van der Waals surface area contributed by atoms with Crippen molar-refractivity contribution >= 4 is 18.8 Å². The van der Waals surface area contributed by atoms with Crippen LogP contribution in [0, 0.1) is 5.92 Å². The summed E-state index contributed by atoms with van der Waals surface area (Å²) in [6.45, 7) is 6.20. The van der Waals surface area contributed by atoms with Gasteiger partial charge in [-0.15, -0.1) is 6.58 Å². The molecule has 102 valence electrons. The average Bonchev–Trinajstić information content (AvgIpc) is 2.60. The fourth-order valence-corrected chi connectivity index (χ4v) is 1.92. The predicted octanol–water partition coefficient (Wildman–Crippen LogP) is 1.16. The van der Waals surface area contributed by atoms with Gasteiger partial charge in [0.05, 0.1) is 0 Å². The summed E-state index contributed by atoms with van der Waals surface area (Å²) in [4.78, 5) is 16.6. The maximum absolute atomic E-state index is 13.4. The Morgan fingerprint density at radius 3 is 2.61 bits per heavy atom. The standard InChI is InChI=1S/C10H16BF2NO4/c1-6-7(2)10(8(3)15)9(14(4)16-5)17-11(12,13)18-10/h6-7H,1H2,2-5H3/b14-9+/t7-,10-/m1/s1. The van der Waals surface area contributed by atoms with Gasteiger partial charge in [-0.1, -0.05) is 13.0 Å². The van der Waals surface area contributed by atoms with Gasteiger partial charge in [0.2, 0.25) is 5.60 Å². The van der Waals surface area contributed by atoms with E-state index in [-0.39, 0.29) is 5.90 Å². The number of nitrogens with zero attached hydrogens (tertiary/aromatic N) is 1. The number of carbonyl (C=O) groups is 1. The van der Waals surface area contributed by atoms with Crippen molar-refractivity contribution in [1.82, 2.24) is 0 Å². The molecule has 0 aromatic heterocycles. The molecule has 0 amide bonds. The van der Waals surface area contributed by atoms with Gasteiger partial charge in [0.1, 0.15) is 7.11 Å². The first kappa shape index (κ1) is 14.6. The van der Waals surface area contributed by atoms with Gasteiger partial charge in [-0.05, 0) is 6.92 Å². The van der Waals surface area contributed by atoms with Gasteiger partial charge in [-0.2, -0.15) is 0 Å². The molecular formula is C10H16BF2NO4. The van der Waals surface area contributed by atoms with E-state index in [4.69, 9.17) is 4.84 Å². The minimum absolute atomic E-state index is 0.366. The normalized spacial score (nSPS) is 30.3. The monoisotopic (exact) mass is 263 g/mol. The Morgan fingerprint density at radius 1 is 1.67 bits per heavy atom. The Hall–Kier alpha value is -1.44. The third-order valence-electron chi connectivity index (χ3n) is 2.97. The van der Waals surface area contributed by atoms with Crippen LogP contribution < -0.4 is 0 Å². The number of ketones is 1. The Morgan fingerprint density at radius 2 is 2.22 bits per heavy atom. The molecule has 2 atom stereocenters. The molecule has 1 heterocycles. The van der Waals surface area contributed by atoms with E-state index in [1.807, 2.05) is 0 Å². The molecule has 18 heavy (non-hydrogen) atoms. The third-order valence-corrected chi connectivity index (χ3v) is 2.97. The molecule has 8 heteroatoms. The van der Waals surface area contributed by atoms with Crippen molar-refractivity contribution in [1.29, 1.82) is 0 Å². The molecule has 0 aliphatic carbocycles. The molecular weight excluding hydrogens is 247 g/mol. The Bertz CT molecular complexity index is 413. The van der Waals surface area contributed by atoms with Gasteiger partial charge in [0.15, 0.2) is 12.8 Å². The number of Topliss-reactive ketones (excluding diaryl/α,β-unsaturated/α-hetero) is 1. The van der Waals surface area contributed by atoms with E-state index in [1.165, 1.54) is 20.2 Å². The summed E-state index contributed by atoms with van der Waals surface area (Å²) in [5, 5.41) is 0. The molecule has 0 aromatic carbocycles. The summed E-state index contributed by atoms with van der Waals surface area (Å²) in [6.07, 6.45) is 1.35. The zero-order valence-electron chi connectivity index (χ0n) is 10.8. The minimum Gasteiger partial charge on any atom is -0.588 e. The van der Waals surface area contributed by atoms with E-state index in [1.54, 1.807) is 6.92 Å². The lowest BCUT2D eigenvalue weighted by Gasteiger charge is -2.29. The van der Waals surface area contributed by atoms with Crippen LogP contribution in [-0.4, -0.2) is 43.3 Å². The molecule has 5 nitrogen and oxygen atoms in total. The summed E-state index contributed by atoms with van der Waals surface area (Å²) < 4.78 is 36.8. The smallest absolute Gasteiger partial charge is 0.588 e. The number of rotatable bonds is 4. The van der Waals surface area contributed by atoms with E-state index in [0.717, 1.165) is 11.7 Å². The van der Waals surface area contributed by atoms with Gasteiger partial charge >= 0.3 is 13.0 Å². The van der Waals surface area contributed by atoms with E-state index in [2.05, 4.69) is 15.9 Å². The van der Waals surface area contributed by atoms with Crippen LogP contribution in [0.1, 0.15) is 13.8 Å². The second-order valence-corrected chi connectivity index (χ2v) is 4.07. The summed E-state index contributed by atoms with van der Waals surface area (Å²) in [5.41, 5.74) is -1.91. The zero-order valence-corrected chi connectivity index (χ0v) is 10.8. The van der Waals surface area contributed by atoms with Gasteiger partial charge in [-0.3, -0.25) is 9.63 Å². The van der Waals surface area contributed by atoms with Gasteiger partial charge < -0.3 is 17.9 Å². The van der Waals surface area contributed by atoms with Crippen LogP contribution in [0.2, 0.25) is 0 Å². The lowest BCUT2D eigenvalue weighted by atomic mass is 9.84. The highest BCUT2D eigenvalue weighted by Gasteiger charge is 2.64. The molecule has 0 unspecified atom stereocenters. The first-order valence-corrected chi connectivity index (χ1v) is 5.39. The quantitative estimate of drug-likeness (QED) is 0.330. The fourth-order valence-electron chi connectivity index (χ4n) is 1.92. The van der Waals surface area contributed by atoms with Crippen molar-refractivity contribution in [2.45, 2.75) is 19.4 Å². The molecule has 1 rings (SSSR count). The molecule has 1 fully saturated rings. The van der Waals surface area contributed by atoms with Crippen LogP contribution in [0.4, 0.5) is 8.63 Å². The van der Waals surface area contributed by atoms with Crippen molar-refractivity contribution in [2.24, 2.45) is 5.92 Å². The van der Waals surface area contributed by atoms with Crippen molar-refractivity contribution in [3.8, 4) is 0 Å². The lowest BCUT2D eigenvalue weighted by Crippen LogP contribution is -2.52. The maximum Gasteiger partial charge on any atom is 0.668 e. The minimum atomic E-state index is -4.56. The van der Waals surface area contributed by atoms with Gasteiger partial charge in [-0.25, -0.2) is 0 Å². The van der Waals surface area contributed by atoms with E-state index >= 15 is 0 Å². The SMILES string of the molecule is C=C[C@@H](C)[C@]1(C(C)=O)O[B-](F)(F)O/C1=[N+](\C)OC. The zero-order chi connectivity index (χ0) is 14.1. The molecule has 1 aliphatic rings. The van der Waals surface area contributed by atoms with E-state index in [0.29, 0.717) is 0 Å². The molecule has 0 spiro atoms. The second-order valence-electron chi connectivity index (χ2n) is 4.07. The largest absolute Gasteiger partial charge is 0.668 e. The Balaban J connectivity index is 3.47. The van der Waals surface area contributed by atoms with Crippen LogP contribution in [0.3, 0.4) is 0 Å².